The number of carbonyl (C=O) groups excluding carboxylic acids is 1. The van der Waals surface area contributed by atoms with Gasteiger partial charge in [0.2, 0.25) is 5.91 Å². The summed E-state index contributed by atoms with van der Waals surface area (Å²) in [5.74, 6) is 2.25. The lowest BCUT2D eigenvalue weighted by Crippen LogP contribution is -2.46. The largest absolute Gasteiger partial charge is 0.434 e. The molecule has 0 aromatic carbocycles. The third kappa shape index (κ3) is 4.54. The summed E-state index contributed by atoms with van der Waals surface area (Å²) in [5.41, 5.74) is 1.06. The highest BCUT2D eigenvalue weighted by Gasteiger charge is 2.34. The maximum Gasteiger partial charge on any atom is 0.434 e. The summed E-state index contributed by atoms with van der Waals surface area (Å²) < 4.78 is 38.0. The topological polar surface area (TPSA) is 83.9 Å². The molecule has 2 aromatic heterocycles. The number of nitrogens with zero attached hydrogens (tertiary/aromatic N) is 5. The monoisotopic (exact) mass is 448 g/mol. The van der Waals surface area contributed by atoms with Crippen molar-refractivity contribution < 1.29 is 18.0 Å². The van der Waals surface area contributed by atoms with E-state index in [1.54, 1.807) is 0 Å². The van der Waals surface area contributed by atoms with Crippen LogP contribution in [0.2, 0.25) is 0 Å². The van der Waals surface area contributed by atoms with Crippen LogP contribution in [0.4, 0.5) is 24.7 Å². The van der Waals surface area contributed by atoms with Gasteiger partial charge in [-0.1, -0.05) is 6.92 Å². The molecule has 0 bridgehead atoms. The molecule has 2 aromatic rings. The Morgan fingerprint density at radius 1 is 1.12 bits per heavy atom. The first-order valence-electron chi connectivity index (χ1n) is 10.9. The van der Waals surface area contributed by atoms with Crippen LogP contribution in [0.15, 0.2) is 12.4 Å². The van der Waals surface area contributed by atoms with Gasteiger partial charge in [-0.25, -0.2) is 15.0 Å². The summed E-state index contributed by atoms with van der Waals surface area (Å²) in [6.07, 6.45) is 2.59. The Morgan fingerprint density at radius 3 is 2.47 bits per heavy atom. The molecule has 0 saturated heterocycles. The molecule has 32 heavy (non-hydrogen) atoms. The molecule has 0 unspecified atom stereocenters. The molecule has 4 rings (SSSR count). The van der Waals surface area contributed by atoms with Crippen LogP contribution in [0.25, 0.3) is 0 Å². The summed E-state index contributed by atoms with van der Waals surface area (Å²) in [6, 6.07) is -0.245. The zero-order chi connectivity index (χ0) is 23.0. The number of likely N-dealkylation sites (N-methyl/N-ethyl adjacent to an activating group) is 1. The highest BCUT2D eigenvalue weighted by Crippen LogP contribution is 2.37. The summed E-state index contributed by atoms with van der Waals surface area (Å²) in [4.78, 5) is 31.1. The molecule has 10 heteroatoms. The summed E-state index contributed by atoms with van der Waals surface area (Å²) >= 11 is 0. The van der Waals surface area contributed by atoms with Gasteiger partial charge in [0.1, 0.15) is 17.6 Å². The molecule has 1 aliphatic heterocycles. The fourth-order valence-electron chi connectivity index (χ4n) is 4.81. The highest BCUT2D eigenvalue weighted by atomic mass is 19.4. The Balaban J connectivity index is 1.40. The standard InChI is InChI=1S/C22H27F3N6O/c1-4-16-21(32)30-19-12(2)28-18(29-20(19)31(16)3)9-14-6-5-13(7-14)8-15-10-27-17(11-26-15)22(23,24)25/h10-11,13-14,16H,4-9H2,1-3H3,(H,30,32)/t13-,14+,16-/m0/s1. The van der Waals surface area contributed by atoms with Crippen molar-refractivity contribution >= 4 is 17.4 Å². The van der Waals surface area contributed by atoms with Gasteiger partial charge in [-0.3, -0.25) is 9.78 Å². The number of halogens is 3. The molecule has 0 spiro atoms. The molecule has 3 heterocycles. The minimum atomic E-state index is -4.47. The van der Waals surface area contributed by atoms with E-state index < -0.39 is 11.9 Å². The Labute approximate surface area is 184 Å². The van der Waals surface area contributed by atoms with Crippen LogP contribution >= 0.6 is 0 Å². The lowest BCUT2D eigenvalue weighted by atomic mass is 9.98. The van der Waals surface area contributed by atoms with Gasteiger partial charge in [0.15, 0.2) is 11.5 Å². The zero-order valence-electron chi connectivity index (χ0n) is 18.4. The summed E-state index contributed by atoms with van der Waals surface area (Å²) in [7, 11) is 1.89. The number of amides is 1. The summed E-state index contributed by atoms with van der Waals surface area (Å²) in [6.45, 7) is 3.85. The first-order valence-corrected chi connectivity index (χ1v) is 10.9. The van der Waals surface area contributed by atoms with Crippen molar-refractivity contribution in [3.8, 4) is 0 Å². The molecule has 1 fully saturated rings. The molecule has 172 valence electrons. The van der Waals surface area contributed by atoms with E-state index in [0.29, 0.717) is 36.1 Å². The number of hydrogen-bond donors (Lipinski definition) is 1. The first kappa shape index (κ1) is 22.4. The van der Waals surface area contributed by atoms with Crippen LogP contribution in [0.1, 0.15) is 55.5 Å². The number of alkyl halides is 3. The van der Waals surface area contributed by atoms with Crippen LogP contribution in [-0.2, 0) is 23.8 Å². The Hall–Kier alpha value is -2.78. The predicted octanol–water partition coefficient (Wildman–Crippen LogP) is 3.96. The van der Waals surface area contributed by atoms with Gasteiger partial charge in [-0.05, 0) is 50.9 Å². The number of aryl methyl sites for hydroxylation is 1. The number of carbonyl (C=O) groups is 1. The van der Waals surface area contributed by atoms with Gasteiger partial charge in [0, 0.05) is 19.7 Å². The van der Waals surface area contributed by atoms with Crippen molar-refractivity contribution in [1.29, 1.82) is 0 Å². The van der Waals surface area contributed by atoms with E-state index in [1.807, 2.05) is 25.8 Å². The van der Waals surface area contributed by atoms with Gasteiger partial charge in [-0.15, -0.1) is 0 Å². The van der Waals surface area contributed by atoms with E-state index in [9.17, 15) is 18.0 Å². The predicted molar refractivity (Wildman–Crippen MR) is 113 cm³/mol. The Bertz CT molecular complexity index is 994. The van der Waals surface area contributed by atoms with Crippen molar-refractivity contribution in [3.63, 3.8) is 0 Å². The zero-order valence-corrected chi connectivity index (χ0v) is 18.4. The van der Waals surface area contributed by atoms with E-state index >= 15 is 0 Å². The molecule has 1 aliphatic carbocycles. The fraction of sp³-hybridized carbons (Fsp3) is 0.591. The molecular formula is C22H27F3N6O. The van der Waals surface area contributed by atoms with Crippen LogP contribution in [0, 0.1) is 18.8 Å². The number of fused-ring (bicyclic) bond motifs is 1. The molecule has 0 radical (unpaired) electrons. The quantitative estimate of drug-likeness (QED) is 0.746. The van der Waals surface area contributed by atoms with Crippen molar-refractivity contribution in [2.45, 2.75) is 64.6 Å². The van der Waals surface area contributed by atoms with Crippen molar-refractivity contribution in [2.24, 2.45) is 11.8 Å². The average Bonchev–Trinajstić information content (AvgIpc) is 3.16. The minimum absolute atomic E-state index is 0.0352. The van der Waals surface area contributed by atoms with Gasteiger partial charge >= 0.3 is 6.18 Å². The third-order valence-corrected chi connectivity index (χ3v) is 6.47. The molecule has 3 atom stereocenters. The van der Waals surface area contributed by atoms with Crippen LogP contribution < -0.4 is 10.2 Å². The van der Waals surface area contributed by atoms with Gasteiger partial charge in [0.25, 0.3) is 0 Å². The van der Waals surface area contributed by atoms with E-state index in [1.165, 1.54) is 6.20 Å². The Morgan fingerprint density at radius 2 is 1.84 bits per heavy atom. The highest BCUT2D eigenvalue weighted by molar-refractivity contribution is 6.03. The number of nitrogens with one attached hydrogen (secondary N) is 1. The number of anilines is 2. The number of hydrogen-bond acceptors (Lipinski definition) is 6. The molecular weight excluding hydrogens is 421 g/mol. The molecule has 1 saturated carbocycles. The number of rotatable bonds is 5. The second kappa shape index (κ2) is 8.63. The first-order chi connectivity index (χ1) is 15.2. The lowest BCUT2D eigenvalue weighted by Gasteiger charge is -2.34. The SMILES string of the molecule is CC[C@H]1C(=O)Nc2c(C)nc(C[C@@H]3CC[C@H](Cc4cnc(C(F)(F)F)cn4)C3)nc2N1C. The van der Waals surface area contributed by atoms with Crippen molar-refractivity contribution in [3.05, 3.63) is 35.3 Å². The fourth-order valence-corrected chi connectivity index (χ4v) is 4.81. The van der Waals surface area contributed by atoms with Gasteiger partial charge in [-0.2, -0.15) is 13.2 Å². The van der Waals surface area contributed by atoms with Crippen molar-refractivity contribution in [1.82, 2.24) is 19.9 Å². The van der Waals surface area contributed by atoms with E-state index in [4.69, 9.17) is 4.98 Å². The average molecular weight is 448 g/mol. The van der Waals surface area contributed by atoms with Crippen LogP contribution in [-0.4, -0.2) is 38.9 Å². The van der Waals surface area contributed by atoms with E-state index in [0.717, 1.165) is 49.2 Å². The van der Waals surface area contributed by atoms with Gasteiger partial charge < -0.3 is 10.2 Å². The van der Waals surface area contributed by atoms with Crippen molar-refractivity contribution in [2.75, 3.05) is 17.3 Å². The van der Waals surface area contributed by atoms with E-state index in [2.05, 4.69) is 20.3 Å². The molecule has 2 aliphatic rings. The number of aromatic nitrogens is 4. The second-order valence-electron chi connectivity index (χ2n) is 8.79. The normalized spacial score (nSPS) is 23.2. The Kier molecular flexibility index (Phi) is 6.05. The summed E-state index contributed by atoms with van der Waals surface area (Å²) in [5, 5.41) is 2.94. The van der Waals surface area contributed by atoms with Gasteiger partial charge in [0.05, 0.1) is 17.6 Å². The molecule has 1 N–H and O–H groups in total. The van der Waals surface area contributed by atoms with E-state index in [-0.39, 0.29) is 11.9 Å². The smallest absolute Gasteiger partial charge is 0.346 e. The van der Waals surface area contributed by atoms with Crippen LogP contribution in [0.5, 0.6) is 0 Å². The minimum Gasteiger partial charge on any atom is -0.346 e. The lowest BCUT2D eigenvalue weighted by molar-refractivity contribution is -0.141. The molecule has 1 amide bonds. The maximum absolute atomic E-state index is 12.7. The third-order valence-electron chi connectivity index (χ3n) is 6.47. The maximum atomic E-state index is 12.7. The second-order valence-corrected chi connectivity index (χ2v) is 8.79. The van der Waals surface area contributed by atoms with Crippen LogP contribution in [0.3, 0.4) is 0 Å². The molecule has 7 nitrogen and oxygen atoms in total.